The van der Waals surface area contributed by atoms with E-state index in [1.165, 1.54) is 18.4 Å². The number of fused-ring (bicyclic) bond motifs is 1. The second kappa shape index (κ2) is 6.87. The molecule has 0 saturated heterocycles. The Bertz CT molecular complexity index is 1170. The molecule has 0 atom stereocenters. The fourth-order valence-corrected chi connectivity index (χ4v) is 4.40. The largest absolute Gasteiger partial charge is 0.311 e. The number of aryl methyl sites for hydroxylation is 1. The van der Waals surface area contributed by atoms with Crippen LogP contribution >= 0.6 is 0 Å². The number of rotatable bonds is 5. The van der Waals surface area contributed by atoms with Gasteiger partial charge in [0.1, 0.15) is 0 Å². The molecule has 2 fully saturated rings. The highest BCUT2D eigenvalue weighted by atomic mass is 16.2. The van der Waals surface area contributed by atoms with Gasteiger partial charge in [0.2, 0.25) is 0 Å². The second-order valence-electron chi connectivity index (χ2n) is 8.38. The van der Waals surface area contributed by atoms with Crippen LogP contribution in [0.15, 0.2) is 53.3 Å². The van der Waals surface area contributed by atoms with Gasteiger partial charge in [-0.3, -0.25) is 9.59 Å². The predicted octanol–water partition coefficient (Wildman–Crippen LogP) is 5.05. The van der Waals surface area contributed by atoms with Crippen molar-refractivity contribution in [3.8, 4) is 0 Å². The van der Waals surface area contributed by atoms with E-state index in [0.29, 0.717) is 18.4 Å². The first-order chi connectivity index (χ1) is 14.1. The van der Waals surface area contributed by atoms with Gasteiger partial charge in [-0.05, 0) is 79.8 Å². The van der Waals surface area contributed by atoms with Gasteiger partial charge >= 0.3 is 0 Å². The number of anilines is 1. The van der Waals surface area contributed by atoms with Crippen LogP contribution in [0.25, 0.3) is 10.9 Å². The fraction of sp³-hybridized carbons (Fsp3) is 0.360. The van der Waals surface area contributed by atoms with Crippen LogP contribution in [0.2, 0.25) is 0 Å². The third kappa shape index (κ3) is 3.17. The van der Waals surface area contributed by atoms with E-state index in [1.807, 2.05) is 48.9 Å². The molecule has 0 radical (unpaired) electrons. The number of nitrogens with zero attached hydrogens (tertiary/aromatic N) is 2. The minimum absolute atomic E-state index is 0.0311. The molecule has 3 aromatic rings. The second-order valence-corrected chi connectivity index (χ2v) is 8.38. The van der Waals surface area contributed by atoms with Crippen LogP contribution in [0, 0.1) is 0 Å². The molecule has 1 aromatic heterocycles. The molecule has 0 unspecified atom stereocenters. The third-order valence-corrected chi connectivity index (χ3v) is 6.36. The number of amides is 1. The average Bonchev–Trinajstić information content (AvgIpc) is 3.65. The summed E-state index contributed by atoms with van der Waals surface area (Å²) in [5, 5.41) is 1.10. The molecule has 2 aliphatic carbocycles. The molecule has 4 heteroatoms. The Morgan fingerprint density at radius 3 is 2.38 bits per heavy atom. The zero-order valence-corrected chi connectivity index (χ0v) is 17.0. The number of hydrogen-bond acceptors (Lipinski definition) is 2. The lowest BCUT2D eigenvalue weighted by Crippen LogP contribution is -2.27. The van der Waals surface area contributed by atoms with E-state index in [0.717, 1.165) is 40.6 Å². The van der Waals surface area contributed by atoms with Crippen molar-refractivity contribution in [1.29, 1.82) is 0 Å². The summed E-state index contributed by atoms with van der Waals surface area (Å²) in [6.45, 7) is 2.64. The van der Waals surface area contributed by atoms with Crippen molar-refractivity contribution in [2.45, 2.75) is 51.0 Å². The van der Waals surface area contributed by atoms with Crippen molar-refractivity contribution in [1.82, 2.24) is 4.57 Å². The van der Waals surface area contributed by atoms with Crippen molar-refractivity contribution in [2.24, 2.45) is 0 Å². The quantitative estimate of drug-likeness (QED) is 0.616. The molecule has 148 valence electrons. The predicted molar refractivity (Wildman–Crippen MR) is 117 cm³/mol. The van der Waals surface area contributed by atoms with Crippen molar-refractivity contribution in [2.75, 3.05) is 11.9 Å². The number of carbonyl (C=O) groups is 1. The van der Waals surface area contributed by atoms with Crippen LogP contribution in [0.5, 0.6) is 0 Å². The molecule has 2 saturated carbocycles. The van der Waals surface area contributed by atoms with Gasteiger partial charge in [0.15, 0.2) is 0 Å². The van der Waals surface area contributed by atoms with Crippen LogP contribution < -0.4 is 10.5 Å². The molecule has 0 spiro atoms. The summed E-state index contributed by atoms with van der Waals surface area (Å²) >= 11 is 0. The number of benzene rings is 2. The van der Waals surface area contributed by atoms with Crippen molar-refractivity contribution in [3.05, 3.63) is 75.6 Å². The molecule has 4 nitrogen and oxygen atoms in total. The monoisotopic (exact) mass is 386 g/mol. The number of hydrogen-bond donors (Lipinski definition) is 0. The lowest BCUT2D eigenvalue weighted by atomic mass is 10.0. The van der Waals surface area contributed by atoms with Crippen LogP contribution in [-0.2, 0) is 6.54 Å². The highest BCUT2D eigenvalue weighted by Gasteiger charge is 2.30. The Balaban J connectivity index is 1.58. The van der Waals surface area contributed by atoms with Crippen LogP contribution in [0.1, 0.15) is 65.9 Å². The molecule has 2 aromatic carbocycles. The van der Waals surface area contributed by atoms with Crippen molar-refractivity contribution >= 4 is 22.5 Å². The van der Waals surface area contributed by atoms with Gasteiger partial charge < -0.3 is 9.47 Å². The van der Waals surface area contributed by atoms with Gasteiger partial charge in [0, 0.05) is 36.3 Å². The third-order valence-electron chi connectivity index (χ3n) is 6.36. The lowest BCUT2D eigenvalue weighted by molar-refractivity contribution is 0.0992. The molecular formula is C25H26N2O2. The molecular weight excluding hydrogens is 360 g/mol. The van der Waals surface area contributed by atoms with E-state index in [9.17, 15) is 9.59 Å². The Hall–Kier alpha value is -2.88. The average molecular weight is 386 g/mol. The van der Waals surface area contributed by atoms with Gasteiger partial charge in [-0.1, -0.05) is 18.2 Å². The summed E-state index contributed by atoms with van der Waals surface area (Å²) in [7, 11) is 1.85. The maximum Gasteiger partial charge on any atom is 0.258 e. The zero-order chi connectivity index (χ0) is 20.1. The topological polar surface area (TPSA) is 42.3 Å². The van der Waals surface area contributed by atoms with Crippen LogP contribution in [0.4, 0.5) is 5.69 Å². The van der Waals surface area contributed by atoms with Gasteiger partial charge in [-0.15, -0.1) is 0 Å². The van der Waals surface area contributed by atoms with Crippen LogP contribution in [-0.4, -0.2) is 17.5 Å². The molecule has 1 amide bonds. The standard InChI is InChI=1S/C25H26N2O2/c1-3-27-23-13-12-18(14-22(23)21(15-24(27)28)17-10-11-17)26(2)25(29)20-7-5-4-6-19(20)16-8-9-16/h4-7,12-17H,3,8-11H2,1-2H3. The molecule has 1 heterocycles. The minimum Gasteiger partial charge on any atom is -0.311 e. The molecule has 29 heavy (non-hydrogen) atoms. The maximum absolute atomic E-state index is 13.3. The summed E-state index contributed by atoms with van der Waals surface area (Å²) in [4.78, 5) is 27.6. The Morgan fingerprint density at radius 2 is 1.69 bits per heavy atom. The SMILES string of the molecule is CCn1c(=O)cc(C2CC2)c2cc(N(C)C(=O)c3ccccc3C3CC3)ccc21. The van der Waals surface area contributed by atoms with E-state index in [-0.39, 0.29) is 11.5 Å². The van der Waals surface area contributed by atoms with Crippen molar-refractivity contribution in [3.63, 3.8) is 0 Å². The van der Waals surface area contributed by atoms with Crippen molar-refractivity contribution < 1.29 is 4.79 Å². The molecule has 0 bridgehead atoms. The summed E-state index contributed by atoms with van der Waals surface area (Å²) in [5.41, 5.74) is 5.01. The smallest absolute Gasteiger partial charge is 0.258 e. The van der Waals surface area contributed by atoms with Gasteiger partial charge in [0.05, 0.1) is 5.52 Å². The van der Waals surface area contributed by atoms with Crippen LogP contribution in [0.3, 0.4) is 0 Å². The molecule has 5 rings (SSSR count). The van der Waals surface area contributed by atoms with Gasteiger partial charge in [-0.2, -0.15) is 0 Å². The normalized spacial score (nSPS) is 16.2. The summed E-state index contributed by atoms with van der Waals surface area (Å²) in [6.07, 6.45) is 4.61. The molecule has 0 aliphatic heterocycles. The first-order valence-electron chi connectivity index (χ1n) is 10.6. The van der Waals surface area contributed by atoms with E-state index >= 15 is 0 Å². The summed E-state index contributed by atoms with van der Waals surface area (Å²) < 4.78 is 1.81. The molecule has 0 N–H and O–H groups in total. The summed E-state index contributed by atoms with van der Waals surface area (Å²) in [5.74, 6) is 1.04. The Morgan fingerprint density at radius 1 is 1.00 bits per heavy atom. The lowest BCUT2D eigenvalue weighted by Gasteiger charge is -2.21. The highest BCUT2D eigenvalue weighted by molar-refractivity contribution is 6.07. The number of pyridine rings is 1. The highest BCUT2D eigenvalue weighted by Crippen LogP contribution is 2.44. The van der Waals surface area contributed by atoms with E-state index in [2.05, 4.69) is 12.1 Å². The minimum atomic E-state index is 0.0311. The van der Waals surface area contributed by atoms with E-state index < -0.39 is 0 Å². The fourth-order valence-electron chi connectivity index (χ4n) is 4.40. The number of carbonyl (C=O) groups excluding carboxylic acids is 1. The molecule has 2 aliphatic rings. The van der Waals surface area contributed by atoms with E-state index in [1.54, 1.807) is 11.0 Å². The Kier molecular flexibility index (Phi) is 4.30. The Labute approximate surface area is 170 Å². The zero-order valence-electron chi connectivity index (χ0n) is 17.0. The summed E-state index contributed by atoms with van der Waals surface area (Å²) in [6, 6.07) is 15.8. The first-order valence-corrected chi connectivity index (χ1v) is 10.6. The first kappa shape index (κ1) is 18.2. The number of aromatic nitrogens is 1. The van der Waals surface area contributed by atoms with Gasteiger partial charge in [-0.25, -0.2) is 0 Å². The maximum atomic E-state index is 13.3. The van der Waals surface area contributed by atoms with Gasteiger partial charge in [0.25, 0.3) is 11.5 Å². The van der Waals surface area contributed by atoms with E-state index in [4.69, 9.17) is 0 Å².